The highest BCUT2D eigenvalue weighted by Gasteiger charge is 2.24. The zero-order chi connectivity index (χ0) is 37.7. The van der Waals surface area contributed by atoms with Crippen LogP contribution in [-0.2, 0) is 0 Å². The summed E-state index contributed by atoms with van der Waals surface area (Å²) in [6.45, 7) is 0. The molecule has 0 saturated carbocycles. The van der Waals surface area contributed by atoms with E-state index in [-0.39, 0.29) is 0 Å². The topological polar surface area (TPSA) is 3.24 Å². The van der Waals surface area contributed by atoms with Crippen LogP contribution in [0.2, 0.25) is 0 Å². The zero-order valence-electron chi connectivity index (χ0n) is 31.0. The average molecular weight is 762 g/mol. The van der Waals surface area contributed by atoms with Crippen molar-refractivity contribution < 1.29 is 0 Å². The van der Waals surface area contributed by atoms with Crippen LogP contribution in [0.3, 0.4) is 0 Å². The van der Waals surface area contributed by atoms with Crippen LogP contribution in [0.25, 0.3) is 84.9 Å². The summed E-state index contributed by atoms with van der Waals surface area (Å²) in [5.41, 5.74) is 12.9. The predicted octanol–water partition coefficient (Wildman–Crippen LogP) is 16.6. The van der Waals surface area contributed by atoms with E-state index in [4.69, 9.17) is 0 Å². The molecule has 11 aromatic rings. The smallest absolute Gasteiger partial charge is 0.0718 e. The summed E-state index contributed by atoms with van der Waals surface area (Å²) in [5, 5.41) is 5.20. The fourth-order valence-corrected chi connectivity index (χ4v) is 10.7. The van der Waals surface area contributed by atoms with Crippen molar-refractivity contribution in [1.29, 1.82) is 0 Å². The van der Waals surface area contributed by atoms with Crippen molar-refractivity contribution >= 4 is 80.1 Å². The SMILES string of the molecule is c1ccc(-c2cc(-c3ccccc3)cc(N(c3ccc(-c4ccc5c(c4)sc4ccccc45)cc3)c3c(-c4ccccc4)ccc4c3sc3ccccc34)c2)cc1. The fraction of sp³-hybridized carbons (Fsp3) is 0. The van der Waals surface area contributed by atoms with Gasteiger partial charge in [0.25, 0.3) is 0 Å². The standard InChI is InChI=1S/C54H35NS2/c1-4-14-36(15-5-1)41-32-42(37-16-6-2-7-17-37)34-44(33-41)55(43-27-24-38(25-28-43)40-26-29-48-46-20-10-12-22-50(46)56-52(48)35-40)53-45(39-18-8-3-9-19-39)30-31-49-47-21-11-13-23-51(47)57-54(49)53/h1-35H. The van der Waals surface area contributed by atoms with Gasteiger partial charge < -0.3 is 4.90 Å². The second kappa shape index (κ2) is 14.1. The lowest BCUT2D eigenvalue weighted by Crippen LogP contribution is -2.12. The number of rotatable bonds is 7. The van der Waals surface area contributed by atoms with E-state index in [0.717, 1.165) is 11.4 Å². The number of hydrogen-bond acceptors (Lipinski definition) is 3. The molecule has 0 bridgehead atoms. The van der Waals surface area contributed by atoms with Gasteiger partial charge in [-0.15, -0.1) is 22.7 Å². The van der Waals surface area contributed by atoms with Gasteiger partial charge in [0, 0.05) is 52.6 Å². The van der Waals surface area contributed by atoms with Gasteiger partial charge in [-0.1, -0.05) is 164 Å². The molecule has 1 nitrogen and oxygen atoms in total. The molecule has 2 aromatic heterocycles. The molecule has 0 radical (unpaired) electrons. The van der Waals surface area contributed by atoms with Crippen LogP contribution in [0.4, 0.5) is 17.1 Å². The Morgan fingerprint density at radius 3 is 1.42 bits per heavy atom. The highest BCUT2D eigenvalue weighted by molar-refractivity contribution is 7.26. The van der Waals surface area contributed by atoms with Crippen LogP contribution in [0, 0.1) is 0 Å². The van der Waals surface area contributed by atoms with Gasteiger partial charge in [-0.2, -0.15) is 0 Å². The van der Waals surface area contributed by atoms with Crippen molar-refractivity contribution in [1.82, 2.24) is 0 Å². The van der Waals surface area contributed by atoms with Crippen molar-refractivity contribution in [2.45, 2.75) is 0 Å². The van der Waals surface area contributed by atoms with Gasteiger partial charge >= 0.3 is 0 Å². The highest BCUT2D eigenvalue weighted by Crippen LogP contribution is 2.51. The Bertz CT molecular complexity index is 3160. The van der Waals surface area contributed by atoms with E-state index in [1.165, 1.54) is 90.5 Å². The Morgan fingerprint density at radius 2 is 0.772 bits per heavy atom. The fourth-order valence-electron chi connectivity index (χ4n) is 8.30. The van der Waals surface area contributed by atoms with Gasteiger partial charge in [0.1, 0.15) is 0 Å². The normalized spacial score (nSPS) is 11.5. The van der Waals surface area contributed by atoms with Gasteiger partial charge in [-0.25, -0.2) is 0 Å². The van der Waals surface area contributed by atoms with Crippen LogP contribution < -0.4 is 4.90 Å². The first-order valence-corrected chi connectivity index (χ1v) is 21.0. The van der Waals surface area contributed by atoms with Crippen LogP contribution in [0.1, 0.15) is 0 Å². The third kappa shape index (κ3) is 6.00. The molecule has 0 spiro atoms. The first kappa shape index (κ1) is 33.5. The summed E-state index contributed by atoms with van der Waals surface area (Å²) < 4.78 is 5.19. The molecule has 3 heteroatoms. The molecule has 9 aromatic carbocycles. The van der Waals surface area contributed by atoms with Crippen molar-refractivity contribution in [3.05, 3.63) is 212 Å². The third-order valence-corrected chi connectivity index (χ3v) is 13.4. The number of thiophene rings is 2. The summed E-state index contributed by atoms with van der Waals surface area (Å²) in [6, 6.07) is 77.8. The second-order valence-electron chi connectivity index (χ2n) is 14.5. The van der Waals surface area contributed by atoms with E-state index in [9.17, 15) is 0 Å². The lowest BCUT2D eigenvalue weighted by Gasteiger charge is -2.30. The molecule has 268 valence electrons. The van der Waals surface area contributed by atoms with Crippen LogP contribution in [0.15, 0.2) is 212 Å². The molecule has 0 amide bonds. The number of hydrogen-bond donors (Lipinski definition) is 0. The van der Waals surface area contributed by atoms with Gasteiger partial charge in [-0.05, 0) is 87.5 Å². The van der Waals surface area contributed by atoms with Crippen LogP contribution >= 0.6 is 22.7 Å². The zero-order valence-corrected chi connectivity index (χ0v) is 32.6. The Morgan fingerprint density at radius 1 is 0.281 bits per heavy atom. The molecule has 0 saturated heterocycles. The molecule has 0 atom stereocenters. The molecule has 0 aliphatic rings. The van der Waals surface area contributed by atoms with E-state index >= 15 is 0 Å². The average Bonchev–Trinajstić information content (AvgIpc) is 3.86. The maximum Gasteiger partial charge on any atom is 0.0718 e. The molecule has 0 unspecified atom stereocenters. The van der Waals surface area contributed by atoms with Gasteiger partial charge in [-0.3, -0.25) is 0 Å². The lowest BCUT2D eigenvalue weighted by molar-refractivity contribution is 1.30. The minimum atomic E-state index is 1.10. The van der Waals surface area contributed by atoms with Crippen molar-refractivity contribution in [3.63, 3.8) is 0 Å². The van der Waals surface area contributed by atoms with E-state index in [0.29, 0.717) is 0 Å². The molecule has 0 aliphatic heterocycles. The third-order valence-electron chi connectivity index (χ3n) is 11.1. The predicted molar refractivity (Wildman–Crippen MR) is 249 cm³/mol. The number of anilines is 3. The number of nitrogens with zero attached hydrogens (tertiary/aromatic N) is 1. The number of fused-ring (bicyclic) bond motifs is 6. The molecule has 2 heterocycles. The first-order chi connectivity index (χ1) is 28.2. The molecule has 11 rings (SSSR count). The molecular formula is C54H35NS2. The van der Waals surface area contributed by atoms with Crippen molar-refractivity contribution in [3.8, 4) is 44.5 Å². The summed E-state index contributed by atoms with van der Waals surface area (Å²) in [7, 11) is 0. The van der Waals surface area contributed by atoms with Gasteiger partial charge in [0.15, 0.2) is 0 Å². The van der Waals surface area contributed by atoms with Crippen molar-refractivity contribution in [2.75, 3.05) is 4.90 Å². The second-order valence-corrected chi connectivity index (χ2v) is 16.6. The summed E-state index contributed by atoms with van der Waals surface area (Å²) in [6.07, 6.45) is 0. The first-order valence-electron chi connectivity index (χ1n) is 19.3. The van der Waals surface area contributed by atoms with Gasteiger partial charge in [0.2, 0.25) is 0 Å². The molecular weight excluding hydrogens is 727 g/mol. The summed E-state index contributed by atoms with van der Waals surface area (Å²) in [5.74, 6) is 0. The van der Waals surface area contributed by atoms with Crippen LogP contribution in [-0.4, -0.2) is 0 Å². The largest absolute Gasteiger partial charge is 0.308 e. The maximum absolute atomic E-state index is 2.51. The Balaban J connectivity index is 1.17. The Labute approximate surface area is 340 Å². The maximum atomic E-state index is 2.51. The quantitative estimate of drug-likeness (QED) is 0.156. The molecule has 0 fully saturated rings. The minimum absolute atomic E-state index is 1.10. The van der Waals surface area contributed by atoms with E-state index in [1.54, 1.807) is 0 Å². The Kier molecular flexibility index (Phi) is 8.28. The Hall–Kier alpha value is -6.78. The van der Waals surface area contributed by atoms with Gasteiger partial charge in [0.05, 0.1) is 10.4 Å². The molecule has 57 heavy (non-hydrogen) atoms. The van der Waals surface area contributed by atoms with Crippen molar-refractivity contribution in [2.24, 2.45) is 0 Å². The summed E-state index contributed by atoms with van der Waals surface area (Å²) >= 11 is 3.75. The monoisotopic (exact) mass is 761 g/mol. The lowest BCUT2D eigenvalue weighted by atomic mass is 9.95. The van der Waals surface area contributed by atoms with E-state index in [2.05, 4.69) is 217 Å². The molecule has 0 N–H and O–H groups in total. The minimum Gasteiger partial charge on any atom is -0.308 e. The highest BCUT2D eigenvalue weighted by atomic mass is 32.1. The van der Waals surface area contributed by atoms with Crippen LogP contribution in [0.5, 0.6) is 0 Å². The number of benzene rings is 9. The molecule has 0 aliphatic carbocycles. The summed E-state index contributed by atoms with van der Waals surface area (Å²) in [4.78, 5) is 2.51. The van der Waals surface area contributed by atoms with E-state index < -0.39 is 0 Å². The van der Waals surface area contributed by atoms with E-state index in [1.807, 2.05) is 22.7 Å².